The van der Waals surface area contributed by atoms with E-state index >= 15 is 0 Å². The van der Waals surface area contributed by atoms with Crippen molar-refractivity contribution in [1.82, 2.24) is 4.98 Å². The summed E-state index contributed by atoms with van der Waals surface area (Å²) in [4.78, 5) is 16.7. The van der Waals surface area contributed by atoms with E-state index < -0.39 is 0 Å². The van der Waals surface area contributed by atoms with Crippen molar-refractivity contribution < 1.29 is 15.0 Å². The number of pyridine rings is 1. The average Bonchev–Trinajstić information content (AvgIpc) is 2.47. The number of nitrogens with one attached hydrogen (secondary N) is 1. The first-order valence-corrected chi connectivity index (χ1v) is 8.24. The molecule has 5 heteroatoms. The summed E-state index contributed by atoms with van der Waals surface area (Å²) in [5.41, 5.74) is 1.17. The minimum Gasteiger partial charge on any atom is -0.507 e. The third-order valence-electron chi connectivity index (χ3n) is 4.01. The molecule has 3 N–H and O–H groups in total. The van der Waals surface area contributed by atoms with Crippen LogP contribution in [0.2, 0.25) is 0 Å². The molecule has 0 fully saturated rings. The molecule has 1 heterocycles. The maximum atomic E-state index is 12.7. The fourth-order valence-electron chi connectivity index (χ4n) is 2.58. The van der Waals surface area contributed by atoms with Crippen LogP contribution in [0.1, 0.15) is 63.0 Å². The van der Waals surface area contributed by atoms with Crippen molar-refractivity contribution in [2.45, 2.75) is 52.4 Å². The zero-order chi connectivity index (χ0) is 19.0. The van der Waals surface area contributed by atoms with Gasteiger partial charge in [-0.3, -0.25) is 4.79 Å². The number of carbonyl (C=O) groups is 1. The zero-order valence-electron chi connectivity index (χ0n) is 15.6. The lowest BCUT2D eigenvalue weighted by Crippen LogP contribution is -2.21. The second-order valence-corrected chi connectivity index (χ2v) is 8.25. The molecule has 0 aliphatic carbocycles. The highest BCUT2D eigenvalue weighted by Crippen LogP contribution is 2.40. The van der Waals surface area contributed by atoms with Gasteiger partial charge in [-0.05, 0) is 35.1 Å². The first kappa shape index (κ1) is 18.8. The van der Waals surface area contributed by atoms with Crippen LogP contribution in [0.25, 0.3) is 0 Å². The Hall–Kier alpha value is -2.56. The molecule has 25 heavy (non-hydrogen) atoms. The lowest BCUT2D eigenvalue weighted by atomic mass is 9.78. The van der Waals surface area contributed by atoms with E-state index in [2.05, 4.69) is 10.3 Å². The normalized spacial score (nSPS) is 12.1. The summed E-state index contributed by atoms with van der Waals surface area (Å²) in [6, 6.07) is 6.43. The number of phenolic OH excluding ortho intramolecular Hbond substituents is 1. The standard InChI is InChI=1S/C20H26N2O3/c1-19(2,3)13-10-12(11-14(16(13)24)20(4,5)6)18(25)22-17-15(23)8-7-9-21-17/h7-11,23-24H,1-6H3,(H,21,22,25). The molecule has 0 saturated heterocycles. The molecule has 1 amide bonds. The molecule has 0 bridgehead atoms. The van der Waals surface area contributed by atoms with Crippen molar-refractivity contribution >= 4 is 11.7 Å². The lowest BCUT2D eigenvalue weighted by molar-refractivity contribution is 0.102. The second kappa shape index (κ2) is 6.39. The van der Waals surface area contributed by atoms with Crippen molar-refractivity contribution in [1.29, 1.82) is 0 Å². The smallest absolute Gasteiger partial charge is 0.256 e. The molecule has 0 atom stereocenters. The minimum absolute atomic E-state index is 0.0956. The van der Waals surface area contributed by atoms with E-state index in [9.17, 15) is 15.0 Å². The first-order chi connectivity index (χ1) is 11.4. The average molecular weight is 342 g/mol. The van der Waals surface area contributed by atoms with Gasteiger partial charge in [0.2, 0.25) is 0 Å². The van der Waals surface area contributed by atoms with Gasteiger partial charge in [0.05, 0.1) is 0 Å². The van der Waals surface area contributed by atoms with Gasteiger partial charge in [-0.2, -0.15) is 0 Å². The van der Waals surface area contributed by atoms with E-state index in [1.54, 1.807) is 18.2 Å². The Labute approximate surface area is 148 Å². The van der Waals surface area contributed by atoms with E-state index in [4.69, 9.17) is 0 Å². The highest BCUT2D eigenvalue weighted by molar-refractivity contribution is 6.04. The number of phenols is 1. The van der Waals surface area contributed by atoms with Crippen molar-refractivity contribution in [2.75, 3.05) is 5.32 Å². The number of benzene rings is 1. The number of aromatic nitrogens is 1. The van der Waals surface area contributed by atoms with Gasteiger partial charge >= 0.3 is 0 Å². The number of carbonyl (C=O) groups excluding carboxylic acids is 1. The van der Waals surface area contributed by atoms with E-state index in [1.165, 1.54) is 12.3 Å². The summed E-state index contributed by atoms with van der Waals surface area (Å²) in [6.45, 7) is 11.9. The van der Waals surface area contributed by atoms with Crippen molar-refractivity contribution in [2.24, 2.45) is 0 Å². The second-order valence-electron chi connectivity index (χ2n) is 8.25. The molecule has 2 aromatic rings. The van der Waals surface area contributed by atoms with Crippen LogP contribution in [0.3, 0.4) is 0 Å². The fourth-order valence-corrected chi connectivity index (χ4v) is 2.58. The summed E-state index contributed by atoms with van der Waals surface area (Å²) < 4.78 is 0. The van der Waals surface area contributed by atoms with Crippen LogP contribution >= 0.6 is 0 Å². The number of anilines is 1. The Morgan fingerprint density at radius 3 is 1.96 bits per heavy atom. The third-order valence-corrected chi connectivity index (χ3v) is 4.01. The largest absolute Gasteiger partial charge is 0.507 e. The molecule has 5 nitrogen and oxygen atoms in total. The van der Waals surface area contributed by atoms with Gasteiger partial charge in [-0.25, -0.2) is 4.98 Å². The van der Waals surface area contributed by atoms with Crippen LogP contribution in [0.5, 0.6) is 11.5 Å². The summed E-state index contributed by atoms with van der Waals surface area (Å²) in [5, 5.41) is 23.1. The van der Waals surface area contributed by atoms with Crippen LogP contribution < -0.4 is 5.32 Å². The first-order valence-electron chi connectivity index (χ1n) is 8.24. The molecule has 0 spiro atoms. The SMILES string of the molecule is CC(C)(C)c1cc(C(=O)Nc2ncccc2O)cc(C(C)(C)C)c1O. The number of amides is 1. The molecule has 0 unspecified atom stereocenters. The molecule has 1 aromatic carbocycles. The molecular weight excluding hydrogens is 316 g/mol. The molecule has 0 radical (unpaired) electrons. The van der Waals surface area contributed by atoms with Gasteiger partial charge in [0, 0.05) is 22.9 Å². The van der Waals surface area contributed by atoms with Gasteiger partial charge in [0.15, 0.2) is 11.6 Å². The minimum atomic E-state index is -0.384. The zero-order valence-corrected chi connectivity index (χ0v) is 15.6. The molecule has 134 valence electrons. The van der Waals surface area contributed by atoms with Crippen molar-refractivity contribution in [3.8, 4) is 11.5 Å². The van der Waals surface area contributed by atoms with Crippen molar-refractivity contribution in [3.63, 3.8) is 0 Å². The van der Waals surface area contributed by atoms with E-state index in [0.29, 0.717) is 16.7 Å². The summed E-state index contributed by atoms with van der Waals surface area (Å²) in [7, 11) is 0. The monoisotopic (exact) mass is 342 g/mol. The number of nitrogens with zero attached hydrogens (tertiary/aromatic N) is 1. The summed E-state index contributed by atoms with van der Waals surface area (Å²) in [5.74, 6) is -0.154. The molecular formula is C20H26N2O3. The molecule has 0 aliphatic rings. The quantitative estimate of drug-likeness (QED) is 0.758. The Morgan fingerprint density at radius 1 is 1.00 bits per heavy atom. The molecule has 0 aliphatic heterocycles. The molecule has 1 aromatic heterocycles. The number of hydrogen-bond acceptors (Lipinski definition) is 4. The van der Waals surface area contributed by atoms with Gasteiger partial charge in [0.1, 0.15) is 5.75 Å². The predicted molar refractivity (Wildman–Crippen MR) is 99.4 cm³/mol. The Morgan fingerprint density at radius 2 is 1.52 bits per heavy atom. The topological polar surface area (TPSA) is 82.5 Å². The Balaban J connectivity index is 2.54. The van der Waals surface area contributed by atoms with Crippen LogP contribution in [-0.2, 0) is 10.8 Å². The van der Waals surface area contributed by atoms with Gasteiger partial charge in [-0.15, -0.1) is 0 Å². The third kappa shape index (κ3) is 4.10. The number of hydrogen-bond donors (Lipinski definition) is 3. The summed E-state index contributed by atoms with van der Waals surface area (Å²) in [6.07, 6.45) is 1.49. The highest BCUT2D eigenvalue weighted by atomic mass is 16.3. The number of aromatic hydroxyl groups is 2. The predicted octanol–water partition coefficient (Wildman–Crippen LogP) is 4.34. The highest BCUT2D eigenvalue weighted by Gasteiger charge is 2.28. The van der Waals surface area contributed by atoms with Gasteiger partial charge in [-0.1, -0.05) is 41.5 Å². The van der Waals surface area contributed by atoms with Crippen LogP contribution in [0.4, 0.5) is 5.82 Å². The Bertz CT molecular complexity index is 764. The fraction of sp³-hybridized carbons (Fsp3) is 0.400. The lowest BCUT2D eigenvalue weighted by Gasteiger charge is -2.28. The summed E-state index contributed by atoms with van der Waals surface area (Å²) >= 11 is 0. The molecule has 2 rings (SSSR count). The van der Waals surface area contributed by atoms with Gasteiger partial charge in [0.25, 0.3) is 5.91 Å². The number of rotatable bonds is 2. The maximum absolute atomic E-state index is 12.7. The van der Waals surface area contributed by atoms with Crippen LogP contribution in [0, 0.1) is 0 Å². The van der Waals surface area contributed by atoms with Gasteiger partial charge < -0.3 is 15.5 Å². The van der Waals surface area contributed by atoms with E-state index in [1.807, 2.05) is 41.5 Å². The van der Waals surface area contributed by atoms with E-state index in [0.717, 1.165) is 0 Å². The Kier molecular flexibility index (Phi) is 4.80. The van der Waals surface area contributed by atoms with Crippen molar-refractivity contribution in [3.05, 3.63) is 47.2 Å². The molecule has 0 saturated carbocycles. The van der Waals surface area contributed by atoms with Crippen LogP contribution in [-0.4, -0.2) is 21.1 Å². The van der Waals surface area contributed by atoms with E-state index in [-0.39, 0.29) is 34.1 Å². The maximum Gasteiger partial charge on any atom is 0.256 e. The van der Waals surface area contributed by atoms with Crippen LogP contribution in [0.15, 0.2) is 30.5 Å².